The van der Waals surface area contributed by atoms with Crippen molar-refractivity contribution >= 4 is 10.9 Å². The van der Waals surface area contributed by atoms with Crippen molar-refractivity contribution in [3.05, 3.63) is 35.5 Å². The molecule has 1 aromatic heterocycles. The first kappa shape index (κ1) is 6.47. The van der Waals surface area contributed by atoms with Gasteiger partial charge in [-0.3, -0.25) is 0 Å². The van der Waals surface area contributed by atoms with Gasteiger partial charge >= 0.3 is 0 Å². The van der Waals surface area contributed by atoms with Crippen LogP contribution in [0.15, 0.2) is 18.2 Å². The molecule has 0 aliphatic heterocycles. The van der Waals surface area contributed by atoms with Gasteiger partial charge < -0.3 is 4.98 Å². The molecule has 1 heteroatoms. The summed E-state index contributed by atoms with van der Waals surface area (Å²) in [7, 11) is 0. The lowest BCUT2D eigenvalue weighted by Gasteiger charge is -1.98. The largest absolute Gasteiger partial charge is 0.353 e. The van der Waals surface area contributed by atoms with Gasteiger partial charge in [0.1, 0.15) is 0 Å². The molecule has 0 aliphatic rings. The van der Waals surface area contributed by atoms with Crippen molar-refractivity contribution in [3.8, 4) is 0 Å². The zero-order valence-electron chi connectivity index (χ0n) is 6.73. The second-order valence-corrected chi connectivity index (χ2v) is 2.94. The van der Waals surface area contributed by atoms with E-state index in [0.717, 1.165) is 0 Å². The summed E-state index contributed by atoms with van der Waals surface area (Å²) < 4.78 is 0. The van der Waals surface area contributed by atoms with Crippen LogP contribution >= 0.6 is 0 Å². The molecule has 55 valence electrons. The van der Waals surface area contributed by atoms with Crippen LogP contribution in [-0.4, -0.2) is 4.98 Å². The van der Waals surface area contributed by atoms with Crippen LogP contribution in [0.1, 0.15) is 11.1 Å². The van der Waals surface area contributed by atoms with E-state index in [1.165, 1.54) is 22.0 Å². The highest BCUT2D eigenvalue weighted by molar-refractivity contribution is 5.80. The van der Waals surface area contributed by atoms with Gasteiger partial charge in [0.05, 0.1) is 6.20 Å². The van der Waals surface area contributed by atoms with Crippen LogP contribution in [0.25, 0.3) is 10.9 Å². The molecule has 1 heterocycles. The predicted molar refractivity (Wildman–Crippen MR) is 46.6 cm³/mol. The van der Waals surface area contributed by atoms with E-state index in [1.54, 1.807) is 0 Å². The SMILES string of the molecule is Cc1cc2c[c][nH]c2cc1C. The van der Waals surface area contributed by atoms with E-state index in [2.05, 4.69) is 37.2 Å². The summed E-state index contributed by atoms with van der Waals surface area (Å²) in [6.07, 6.45) is 2.97. The number of H-pyrrole nitrogens is 1. The van der Waals surface area contributed by atoms with Crippen LogP contribution in [-0.2, 0) is 0 Å². The molecule has 0 aliphatic carbocycles. The Hall–Kier alpha value is -1.24. The Morgan fingerprint density at radius 1 is 1.18 bits per heavy atom. The molecule has 1 aromatic carbocycles. The van der Waals surface area contributed by atoms with Gasteiger partial charge in [-0.05, 0) is 43.2 Å². The molecule has 1 N–H and O–H groups in total. The summed E-state index contributed by atoms with van der Waals surface area (Å²) in [5.41, 5.74) is 3.84. The van der Waals surface area contributed by atoms with Crippen LogP contribution in [0.4, 0.5) is 0 Å². The molecule has 0 saturated heterocycles. The van der Waals surface area contributed by atoms with Gasteiger partial charge in [-0.1, -0.05) is 0 Å². The first-order chi connectivity index (χ1) is 5.27. The van der Waals surface area contributed by atoms with Crippen molar-refractivity contribution in [2.75, 3.05) is 0 Å². The van der Waals surface area contributed by atoms with E-state index in [1.807, 2.05) is 6.07 Å². The zero-order valence-corrected chi connectivity index (χ0v) is 6.73. The van der Waals surface area contributed by atoms with Gasteiger partial charge in [0, 0.05) is 10.9 Å². The number of aromatic nitrogens is 1. The number of aromatic amines is 1. The molecule has 0 unspecified atom stereocenters. The smallest absolute Gasteiger partial charge is 0.0630 e. The van der Waals surface area contributed by atoms with E-state index in [0.29, 0.717) is 0 Å². The Kier molecular flexibility index (Phi) is 1.25. The van der Waals surface area contributed by atoms with Gasteiger partial charge in [-0.15, -0.1) is 0 Å². The molecule has 0 atom stereocenters. The molecule has 0 saturated carbocycles. The maximum Gasteiger partial charge on any atom is 0.0630 e. The van der Waals surface area contributed by atoms with E-state index >= 15 is 0 Å². The molecular formula is C10H10N. The second-order valence-electron chi connectivity index (χ2n) is 2.94. The molecule has 0 amide bonds. The standard InChI is InChI=1S/C10H10N/c1-7-5-9-3-4-11-10(9)6-8(7)2/h3,5-6,11H,1-2H3. The van der Waals surface area contributed by atoms with Gasteiger partial charge in [0.25, 0.3) is 0 Å². The fourth-order valence-electron chi connectivity index (χ4n) is 1.26. The Balaban J connectivity index is 2.86. The molecule has 0 bridgehead atoms. The fraction of sp³-hybridized carbons (Fsp3) is 0.200. The third-order valence-electron chi connectivity index (χ3n) is 2.10. The minimum absolute atomic E-state index is 1.17. The van der Waals surface area contributed by atoms with Crippen LogP contribution in [0, 0.1) is 20.0 Å². The molecule has 1 radical (unpaired) electrons. The average Bonchev–Trinajstić information content (AvgIpc) is 2.36. The topological polar surface area (TPSA) is 15.8 Å². The normalized spacial score (nSPS) is 10.7. The summed E-state index contributed by atoms with van der Waals surface area (Å²) >= 11 is 0. The zero-order chi connectivity index (χ0) is 7.84. The summed E-state index contributed by atoms with van der Waals surface area (Å²) in [6, 6.07) is 6.31. The number of benzene rings is 1. The number of nitrogens with one attached hydrogen (secondary N) is 1. The lowest BCUT2D eigenvalue weighted by atomic mass is 10.1. The number of rotatable bonds is 0. The van der Waals surface area contributed by atoms with Gasteiger partial charge in [-0.2, -0.15) is 0 Å². The number of hydrogen-bond acceptors (Lipinski definition) is 0. The molecule has 2 aromatic rings. The molecule has 0 spiro atoms. The lowest BCUT2D eigenvalue weighted by molar-refractivity contribution is 1.35. The average molecular weight is 144 g/mol. The summed E-state index contributed by atoms with van der Waals surface area (Å²) in [5, 5.41) is 1.24. The monoisotopic (exact) mass is 144 g/mol. The molecule has 1 nitrogen and oxygen atoms in total. The maximum atomic E-state index is 3.06. The third kappa shape index (κ3) is 0.929. The van der Waals surface area contributed by atoms with Crippen molar-refractivity contribution in [3.63, 3.8) is 0 Å². The Morgan fingerprint density at radius 3 is 2.73 bits per heavy atom. The van der Waals surface area contributed by atoms with Crippen molar-refractivity contribution in [2.45, 2.75) is 13.8 Å². The van der Waals surface area contributed by atoms with E-state index < -0.39 is 0 Å². The van der Waals surface area contributed by atoms with E-state index in [-0.39, 0.29) is 0 Å². The lowest BCUT2D eigenvalue weighted by Crippen LogP contribution is -1.79. The van der Waals surface area contributed by atoms with Crippen LogP contribution in [0.2, 0.25) is 0 Å². The van der Waals surface area contributed by atoms with Crippen molar-refractivity contribution in [2.24, 2.45) is 0 Å². The highest BCUT2D eigenvalue weighted by Gasteiger charge is 1.96. The molecule has 0 fully saturated rings. The minimum Gasteiger partial charge on any atom is -0.353 e. The molecule has 11 heavy (non-hydrogen) atoms. The Morgan fingerprint density at radius 2 is 1.91 bits per heavy atom. The Bertz CT molecular complexity index is 349. The second kappa shape index (κ2) is 2.12. The van der Waals surface area contributed by atoms with Gasteiger partial charge in [-0.25, -0.2) is 0 Å². The summed E-state index contributed by atoms with van der Waals surface area (Å²) in [4.78, 5) is 3.06. The predicted octanol–water partition coefficient (Wildman–Crippen LogP) is 2.58. The fourth-order valence-corrected chi connectivity index (χ4v) is 1.26. The summed E-state index contributed by atoms with van der Waals surface area (Å²) in [6.45, 7) is 4.25. The van der Waals surface area contributed by atoms with Crippen LogP contribution in [0.3, 0.4) is 0 Å². The minimum atomic E-state index is 1.17. The first-order valence-corrected chi connectivity index (χ1v) is 3.73. The van der Waals surface area contributed by atoms with Gasteiger partial charge in [0.2, 0.25) is 0 Å². The van der Waals surface area contributed by atoms with Gasteiger partial charge in [0.15, 0.2) is 0 Å². The highest BCUT2D eigenvalue weighted by Crippen LogP contribution is 2.16. The maximum absolute atomic E-state index is 3.06. The third-order valence-corrected chi connectivity index (χ3v) is 2.10. The molecule has 2 rings (SSSR count). The number of hydrogen-bond donors (Lipinski definition) is 1. The number of aryl methyl sites for hydroxylation is 2. The van der Waals surface area contributed by atoms with Crippen molar-refractivity contribution in [1.29, 1.82) is 0 Å². The van der Waals surface area contributed by atoms with Crippen LogP contribution in [0.5, 0.6) is 0 Å². The van der Waals surface area contributed by atoms with E-state index in [9.17, 15) is 0 Å². The Labute approximate surface area is 66.1 Å². The van der Waals surface area contributed by atoms with Crippen molar-refractivity contribution < 1.29 is 0 Å². The highest BCUT2D eigenvalue weighted by atomic mass is 14.7. The molecular weight excluding hydrogens is 134 g/mol. The van der Waals surface area contributed by atoms with E-state index in [4.69, 9.17) is 0 Å². The quantitative estimate of drug-likeness (QED) is 0.585. The first-order valence-electron chi connectivity index (χ1n) is 3.73. The van der Waals surface area contributed by atoms with Crippen molar-refractivity contribution in [1.82, 2.24) is 4.98 Å². The van der Waals surface area contributed by atoms with Crippen LogP contribution < -0.4 is 0 Å². The summed E-state index contributed by atoms with van der Waals surface area (Å²) in [5.74, 6) is 0. The number of fused-ring (bicyclic) bond motifs is 1.